The van der Waals surface area contributed by atoms with Gasteiger partial charge >= 0.3 is 0 Å². The van der Waals surface area contributed by atoms with Crippen LogP contribution in [0.3, 0.4) is 0 Å². The van der Waals surface area contributed by atoms with Gasteiger partial charge in [-0.25, -0.2) is 0 Å². The van der Waals surface area contributed by atoms with Crippen molar-refractivity contribution in [2.24, 2.45) is 5.92 Å². The molecule has 1 unspecified atom stereocenters. The minimum Gasteiger partial charge on any atom is -0.311 e. The zero-order valence-corrected chi connectivity index (χ0v) is 12.8. The summed E-state index contributed by atoms with van der Waals surface area (Å²) in [6.45, 7) is 6.92. The van der Waals surface area contributed by atoms with Crippen LogP contribution in [-0.4, -0.2) is 23.6 Å². The molecule has 0 radical (unpaired) electrons. The third-order valence-electron chi connectivity index (χ3n) is 3.96. The molecule has 0 aromatic carbocycles. The van der Waals surface area contributed by atoms with Crippen LogP contribution in [0.5, 0.6) is 0 Å². The third kappa shape index (κ3) is 6.71. The molecule has 0 amide bonds. The van der Waals surface area contributed by atoms with Gasteiger partial charge < -0.3 is 5.32 Å². The molecule has 0 bridgehead atoms. The highest BCUT2D eigenvalue weighted by atomic mass is 32.2. The summed E-state index contributed by atoms with van der Waals surface area (Å²) in [4.78, 5) is 0. The monoisotopic (exact) mass is 257 g/mol. The Kier molecular flexibility index (Phi) is 8.38. The lowest BCUT2D eigenvalue weighted by atomic mass is 9.83. The van der Waals surface area contributed by atoms with Crippen LogP contribution in [0, 0.1) is 5.92 Å². The highest BCUT2D eigenvalue weighted by Gasteiger charge is 2.21. The van der Waals surface area contributed by atoms with E-state index in [9.17, 15) is 0 Å². The Bertz CT molecular complexity index is 176. The Morgan fingerprint density at radius 1 is 1.18 bits per heavy atom. The maximum Gasteiger partial charge on any atom is 0.00697 e. The van der Waals surface area contributed by atoms with Crippen LogP contribution in [0.2, 0.25) is 0 Å². The van der Waals surface area contributed by atoms with E-state index in [0.717, 1.165) is 12.0 Å². The van der Waals surface area contributed by atoms with Gasteiger partial charge in [0.05, 0.1) is 0 Å². The summed E-state index contributed by atoms with van der Waals surface area (Å²) in [5.74, 6) is 3.61. The van der Waals surface area contributed by atoms with Crippen LogP contribution in [0.25, 0.3) is 0 Å². The molecule has 1 fully saturated rings. The van der Waals surface area contributed by atoms with Crippen molar-refractivity contribution in [3.05, 3.63) is 0 Å². The molecule has 1 rings (SSSR count). The molecule has 0 spiro atoms. The van der Waals surface area contributed by atoms with Gasteiger partial charge in [-0.15, -0.1) is 0 Å². The van der Waals surface area contributed by atoms with Gasteiger partial charge in [-0.1, -0.05) is 26.7 Å². The summed E-state index contributed by atoms with van der Waals surface area (Å²) in [6.07, 6.45) is 9.89. The average molecular weight is 257 g/mol. The highest BCUT2D eigenvalue weighted by Crippen LogP contribution is 2.28. The Morgan fingerprint density at radius 2 is 1.88 bits per heavy atom. The standard InChI is InChI=1S/C15H31NS/c1-4-6-14-7-9-15(10-8-14)16-13(3)11-12-17-5-2/h13-16H,4-12H2,1-3H3. The van der Waals surface area contributed by atoms with Crippen LogP contribution in [-0.2, 0) is 0 Å². The number of nitrogens with one attached hydrogen (secondary N) is 1. The fourth-order valence-corrected chi connectivity index (χ4v) is 3.73. The van der Waals surface area contributed by atoms with E-state index < -0.39 is 0 Å². The van der Waals surface area contributed by atoms with E-state index >= 15 is 0 Å². The summed E-state index contributed by atoms with van der Waals surface area (Å²) in [5, 5.41) is 3.83. The highest BCUT2D eigenvalue weighted by molar-refractivity contribution is 7.99. The van der Waals surface area contributed by atoms with Crippen LogP contribution < -0.4 is 5.32 Å². The van der Waals surface area contributed by atoms with Gasteiger partial charge in [-0.2, -0.15) is 11.8 Å². The maximum absolute atomic E-state index is 3.83. The van der Waals surface area contributed by atoms with Crippen LogP contribution in [0.15, 0.2) is 0 Å². The SMILES string of the molecule is CCCC1CCC(NC(C)CCSCC)CC1. The lowest BCUT2D eigenvalue weighted by Crippen LogP contribution is -2.39. The molecular formula is C15H31NS. The number of hydrogen-bond donors (Lipinski definition) is 1. The number of hydrogen-bond acceptors (Lipinski definition) is 2. The molecule has 1 aliphatic rings. The summed E-state index contributed by atoms with van der Waals surface area (Å²) < 4.78 is 0. The van der Waals surface area contributed by atoms with Crippen molar-refractivity contribution >= 4 is 11.8 Å². The molecule has 0 saturated heterocycles. The first-order valence-electron chi connectivity index (χ1n) is 7.60. The van der Waals surface area contributed by atoms with E-state index in [2.05, 4.69) is 37.8 Å². The summed E-state index contributed by atoms with van der Waals surface area (Å²) in [5.41, 5.74) is 0. The second kappa shape index (κ2) is 9.27. The fourth-order valence-electron chi connectivity index (χ4n) is 2.92. The first kappa shape index (κ1) is 15.4. The quantitative estimate of drug-likeness (QED) is 0.644. The van der Waals surface area contributed by atoms with E-state index in [-0.39, 0.29) is 0 Å². The minimum atomic E-state index is 0.710. The van der Waals surface area contributed by atoms with E-state index in [0.29, 0.717) is 6.04 Å². The second-order valence-electron chi connectivity index (χ2n) is 5.56. The van der Waals surface area contributed by atoms with Crippen LogP contribution >= 0.6 is 11.8 Å². The molecule has 0 aliphatic heterocycles. The first-order chi connectivity index (χ1) is 8.26. The number of thioether (sulfide) groups is 1. The van der Waals surface area contributed by atoms with Gasteiger partial charge in [-0.3, -0.25) is 0 Å². The predicted octanol–water partition coefficient (Wildman–Crippen LogP) is 4.47. The summed E-state index contributed by atoms with van der Waals surface area (Å²) >= 11 is 2.07. The zero-order valence-electron chi connectivity index (χ0n) is 12.0. The van der Waals surface area contributed by atoms with E-state index in [1.54, 1.807) is 0 Å². The van der Waals surface area contributed by atoms with Crippen molar-refractivity contribution in [2.45, 2.75) is 77.8 Å². The smallest absolute Gasteiger partial charge is 0.00697 e. The van der Waals surface area contributed by atoms with Gasteiger partial charge in [0.15, 0.2) is 0 Å². The first-order valence-corrected chi connectivity index (χ1v) is 8.75. The van der Waals surface area contributed by atoms with Crippen LogP contribution in [0.1, 0.15) is 65.7 Å². The molecule has 2 heteroatoms. The minimum absolute atomic E-state index is 0.710. The molecule has 1 N–H and O–H groups in total. The topological polar surface area (TPSA) is 12.0 Å². The van der Waals surface area contributed by atoms with Crippen molar-refractivity contribution < 1.29 is 0 Å². The predicted molar refractivity (Wildman–Crippen MR) is 80.9 cm³/mol. The Labute approximate surface area is 113 Å². The largest absolute Gasteiger partial charge is 0.311 e. The average Bonchev–Trinajstić information content (AvgIpc) is 2.32. The lowest BCUT2D eigenvalue weighted by molar-refractivity contribution is 0.264. The van der Waals surface area contributed by atoms with Gasteiger partial charge in [0.2, 0.25) is 0 Å². The summed E-state index contributed by atoms with van der Waals surface area (Å²) in [6, 6.07) is 1.52. The van der Waals surface area contributed by atoms with E-state index in [1.807, 2.05) is 0 Å². The van der Waals surface area contributed by atoms with Crippen LogP contribution in [0.4, 0.5) is 0 Å². The van der Waals surface area contributed by atoms with Gasteiger partial charge in [0, 0.05) is 12.1 Å². The molecular weight excluding hydrogens is 226 g/mol. The Balaban J connectivity index is 2.08. The molecule has 17 heavy (non-hydrogen) atoms. The van der Waals surface area contributed by atoms with Crippen molar-refractivity contribution in [3.63, 3.8) is 0 Å². The Morgan fingerprint density at radius 3 is 2.47 bits per heavy atom. The molecule has 1 aliphatic carbocycles. The molecule has 1 nitrogen and oxygen atoms in total. The molecule has 102 valence electrons. The number of rotatable bonds is 8. The zero-order chi connectivity index (χ0) is 12.5. The maximum atomic E-state index is 3.83. The summed E-state index contributed by atoms with van der Waals surface area (Å²) in [7, 11) is 0. The fraction of sp³-hybridized carbons (Fsp3) is 1.00. The molecule has 1 atom stereocenters. The van der Waals surface area contributed by atoms with Gasteiger partial charge in [0.25, 0.3) is 0 Å². The van der Waals surface area contributed by atoms with Crippen molar-refractivity contribution in [1.29, 1.82) is 0 Å². The van der Waals surface area contributed by atoms with Crippen molar-refractivity contribution in [2.75, 3.05) is 11.5 Å². The Hall–Kier alpha value is 0.310. The second-order valence-corrected chi connectivity index (χ2v) is 6.95. The van der Waals surface area contributed by atoms with Gasteiger partial charge in [0.1, 0.15) is 0 Å². The van der Waals surface area contributed by atoms with Crippen molar-refractivity contribution in [3.8, 4) is 0 Å². The van der Waals surface area contributed by atoms with Crippen molar-refractivity contribution in [1.82, 2.24) is 5.32 Å². The third-order valence-corrected chi connectivity index (χ3v) is 4.90. The molecule has 0 aromatic rings. The van der Waals surface area contributed by atoms with E-state index in [1.165, 1.54) is 56.5 Å². The molecule has 0 aromatic heterocycles. The molecule has 0 heterocycles. The lowest BCUT2D eigenvalue weighted by Gasteiger charge is -2.31. The van der Waals surface area contributed by atoms with Gasteiger partial charge in [-0.05, 0) is 56.5 Å². The normalized spacial score (nSPS) is 27.0. The molecule has 1 saturated carbocycles. The van der Waals surface area contributed by atoms with E-state index in [4.69, 9.17) is 0 Å².